The molecule has 0 aromatic carbocycles. The molecule has 1 aliphatic carbocycles. The minimum absolute atomic E-state index is 0.0716. The second-order valence-electron chi connectivity index (χ2n) is 4.90. The van der Waals surface area contributed by atoms with Gasteiger partial charge in [-0.15, -0.1) is 11.3 Å². The second kappa shape index (κ2) is 5.14. The summed E-state index contributed by atoms with van der Waals surface area (Å²) < 4.78 is 1.65. The second-order valence-corrected chi connectivity index (χ2v) is 5.98. The summed E-state index contributed by atoms with van der Waals surface area (Å²) in [5.74, 6) is 0. The van der Waals surface area contributed by atoms with Crippen molar-refractivity contribution in [3.63, 3.8) is 0 Å². The molecule has 0 saturated carbocycles. The van der Waals surface area contributed by atoms with Crippen molar-refractivity contribution in [1.82, 2.24) is 9.55 Å². The number of nitrogens with zero attached hydrogens (tertiary/aromatic N) is 3. The number of fused-ring (bicyclic) bond motifs is 3. The molecule has 0 fully saturated rings. The minimum atomic E-state index is 0.0716. The number of hydrogen-bond acceptors (Lipinski definition) is 4. The molecule has 0 aliphatic heterocycles. The predicted octanol–water partition coefficient (Wildman–Crippen LogP) is 2.64. The quantitative estimate of drug-likeness (QED) is 0.808. The van der Waals surface area contributed by atoms with E-state index in [1.165, 1.54) is 23.3 Å². The molecule has 0 amide bonds. The van der Waals surface area contributed by atoms with Gasteiger partial charge in [0.1, 0.15) is 4.83 Å². The normalized spacial score (nSPS) is 14.3. The average Bonchev–Trinajstić information content (AvgIpc) is 2.80. The van der Waals surface area contributed by atoms with E-state index in [9.17, 15) is 4.79 Å². The van der Waals surface area contributed by atoms with E-state index < -0.39 is 0 Å². The molecule has 2 aromatic rings. The summed E-state index contributed by atoms with van der Waals surface area (Å²) in [7, 11) is 0. The van der Waals surface area contributed by atoms with E-state index in [2.05, 4.69) is 11.1 Å². The van der Waals surface area contributed by atoms with Crippen LogP contribution in [0.1, 0.15) is 36.1 Å². The average molecular weight is 273 g/mol. The standard InChI is InChI=1S/C14H15N3OS/c15-7-3-4-8-17-9-16-13-12(14(17)18)10-5-1-2-6-11(10)19-13/h9H,1-6,8H2. The van der Waals surface area contributed by atoms with Crippen LogP contribution >= 0.6 is 11.3 Å². The van der Waals surface area contributed by atoms with E-state index in [4.69, 9.17) is 5.26 Å². The highest BCUT2D eigenvalue weighted by Gasteiger charge is 2.19. The maximum Gasteiger partial charge on any atom is 0.262 e. The molecule has 98 valence electrons. The maximum absolute atomic E-state index is 12.5. The Morgan fingerprint density at radius 3 is 3.11 bits per heavy atom. The van der Waals surface area contributed by atoms with E-state index >= 15 is 0 Å². The Kier molecular flexibility index (Phi) is 3.34. The molecule has 0 bridgehead atoms. The monoisotopic (exact) mass is 273 g/mol. The Balaban J connectivity index is 2.06. The van der Waals surface area contributed by atoms with Gasteiger partial charge in [-0.1, -0.05) is 0 Å². The Hall–Kier alpha value is -1.67. The van der Waals surface area contributed by atoms with Crippen molar-refractivity contribution in [2.45, 2.75) is 45.1 Å². The van der Waals surface area contributed by atoms with Crippen molar-refractivity contribution >= 4 is 21.6 Å². The van der Waals surface area contributed by atoms with Crippen LogP contribution in [0, 0.1) is 11.3 Å². The van der Waals surface area contributed by atoms with Crippen LogP contribution in [0.2, 0.25) is 0 Å². The maximum atomic E-state index is 12.5. The number of aromatic nitrogens is 2. The topological polar surface area (TPSA) is 58.7 Å². The van der Waals surface area contributed by atoms with E-state index in [0.29, 0.717) is 19.4 Å². The Morgan fingerprint density at radius 1 is 1.42 bits per heavy atom. The molecule has 0 N–H and O–H groups in total. The molecule has 0 spiro atoms. The third-order valence-electron chi connectivity index (χ3n) is 3.63. The first-order valence-electron chi connectivity index (χ1n) is 6.68. The first kappa shape index (κ1) is 12.4. The largest absolute Gasteiger partial charge is 0.299 e. The summed E-state index contributed by atoms with van der Waals surface area (Å²) in [6.45, 7) is 0.583. The van der Waals surface area contributed by atoms with Gasteiger partial charge in [0.05, 0.1) is 17.8 Å². The Morgan fingerprint density at radius 2 is 2.26 bits per heavy atom. The summed E-state index contributed by atoms with van der Waals surface area (Å²) in [4.78, 5) is 19.2. The molecule has 0 unspecified atom stereocenters. The molecule has 4 nitrogen and oxygen atoms in total. The molecule has 0 saturated heterocycles. The van der Waals surface area contributed by atoms with Crippen LogP contribution in [0.5, 0.6) is 0 Å². The van der Waals surface area contributed by atoms with Crippen LogP contribution in [-0.4, -0.2) is 9.55 Å². The Labute approximate surface area is 115 Å². The molecule has 0 atom stereocenters. The molecule has 19 heavy (non-hydrogen) atoms. The number of nitriles is 1. The first-order valence-corrected chi connectivity index (χ1v) is 7.49. The number of thiophene rings is 1. The molecular formula is C14H15N3OS. The predicted molar refractivity (Wildman–Crippen MR) is 75.4 cm³/mol. The van der Waals surface area contributed by atoms with Gasteiger partial charge in [-0.05, 0) is 37.7 Å². The van der Waals surface area contributed by atoms with Gasteiger partial charge < -0.3 is 0 Å². The van der Waals surface area contributed by atoms with Crippen molar-refractivity contribution in [1.29, 1.82) is 5.26 Å². The van der Waals surface area contributed by atoms with Crippen LogP contribution in [0.4, 0.5) is 0 Å². The summed E-state index contributed by atoms with van der Waals surface area (Å²) >= 11 is 1.67. The third-order valence-corrected chi connectivity index (χ3v) is 4.83. The van der Waals surface area contributed by atoms with Gasteiger partial charge in [-0.25, -0.2) is 4.98 Å². The third kappa shape index (κ3) is 2.17. The molecule has 5 heteroatoms. The lowest BCUT2D eigenvalue weighted by Gasteiger charge is -2.10. The van der Waals surface area contributed by atoms with Crippen LogP contribution in [0.25, 0.3) is 10.2 Å². The van der Waals surface area contributed by atoms with Crippen molar-refractivity contribution in [3.8, 4) is 6.07 Å². The fourth-order valence-electron chi connectivity index (χ4n) is 2.67. The molecule has 0 radical (unpaired) electrons. The van der Waals surface area contributed by atoms with Gasteiger partial charge in [0.2, 0.25) is 0 Å². The minimum Gasteiger partial charge on any atom is -0.299 e. The lowest BCUT2D eigenvalue weighted by molar-refractivity contribution is 0.625. The molecule has 1 aliphatic rings. The summed E-state index contributed by atoms with van der Waals surface area (Å²) in [6, 6.07) is 2.11. The highest BCUT2D eigenvalue weighted by atomic mass is 32.1. The van der Waals surface area contributed by atoms with Crippen molar-refractivity contribution in [3.05, 3.63) is 27.1 Å². The van der Waals surface area contributed by atoms with Crippen LogP contribution < -0.4 is 5.56 Å². The molecule has 3 rings (SSSR count). The van der Waals surface area contributed by atoms with Crippen LogP contribution in [0.15, 0.2) is 11.1 Å². The van der Waals surface area contributed by atoms with Crippen molar-refractivity contribution < 1.29 is 0 Å². The van der Waals surface area contributed by atoms with Gasteiger partial charge in [0.25, 0.3) is 5.56 Å². The van der Waals surface area contributed by atoms with E-state index in [0.717, 1.165) is 23.1 Å². The van der Waals surface area contributed by atoms with E-state index in [-0.39, 0.29) is 5.56 Å². The lowest BCUT2D eigenvalue weighted by Crippen LogP contribution is -2.21. The number of hydrogen-bond donors (Lipinski definition) is 0. The number of unbranched alkanes of at least 4 members (excludes halogenated alkanes) is 1. The van der Waals surface area contributed by atoms with Crippen molar-refractivity contribution in [2.24, 2.45) is 0 Å². The zero-order chi connectivity index (χ0) is 13.2. The van der Waals surface area contributed by atoms with Crippen LogP contribution in [-0.2, 0) is 19.4 Å². The van der Waals surface area contributed by atoms with Gasteiger partial charge >= 0.3 is 0 Å². The zero-order valence-corrected chi connectivity index (χ0v) is 11.5. The van der Waals surface area contributed by atoms with Gasteiger partial charge in [-0.2, -0.15) is 5.26 Å². The van der Waals surface area contributed by atoms with Gasteiger partial charge in [-0.3, -0.25) is 9.36 Å². The highest BCUT2D eigenvalue weighted by molar-refractivity contribution is 7.18. The molecule has 2 aromatic heterocycles. The van der Waals surface area contributed by atoms with E-state index in [1.54, 1.807) is 22.2 Å². The van der Waals surface area contributed by atoms with E-state index in [1.807, 2.05) is 0 Å². The van der Waals surface area contributed by atoms with Gasteiger partial charge in [0, 0.05) is 17.8 Å². The summed E-state index contributed by atoms with van der Waals surface area (Å²) in [5, 5.41) is 9.39. The fraction of sp³-hybridized carbons (Fsp3) is 0.500. The number of rotatable bonds is 3. The summed E-state index contributed by atoms with van der Waals surface area (Å²) in [6.07, 6.45) is 7.29. The summed E-state index contributed by atoms with van der Waals surface area (Å²) in [5.41, 5.74) is 1.31. The smallest absolute Gasteiger partial charge is 0.262 e. The number of aryl methyl sites for hydroxylation is 3. The SMILES string of the molecule is N#CCCCn1cnc2sc3c(c2c1=O)CCCC3. The lowest BCUT2D eigenvalue weighted by atomic mass is 9.97. The first-order chi connectivity index (χ1) is 9.31. The molecule has 2 heterocycles. The van der Waals surface area contributed by atoms with Crippen LogP contribution in [0.3, 0.4) is 0 Å². The van der Waals surface area contributed by atoms with Crippen molar-refractivity contribution in [2.75, 3.05) is 0 Å². The Bertz CT molecular complexity index is 708. The molecular weight excluding hydrogens is 258 g/mol. The van der Waals surface area contributed by atoms with Gasteiger partial charge in [0.15, 0.2) is 0 Å². The highest BCUT2D eigenvalue weighted by Crippen LogP contribution is 2.33. The zero-order valence-electron chi connectivity index (χ0n) is 10.7. The fourth-order valence-corrected chi connectivity index (χ4v) is 3.89.